The van der Waals surface area contributed by atoms with Crippen molar-refractivity contribution in [3.8, 4) is 0 Å². The summed E-state index contributed by atoms with van der Waals surface area (Å²) in [4.78, 5) is 25.5. The highest BCUT2D eigenvalue weighted by Gasteiger charge is 2.80. The van der Waals surface area contributed by atoms with Crippen LogP contribution < -0.4 is 4.90 Å². The average Bonchev–Trinajstić information content (AvgIpc) is 2.64. The Morgan fingerprint density at radius 3 is 2.47 bits per heavy atom. The molecule has 2 fully saturated rings. The second-order valence-electron chi connectivity index (χ2n) is 5.51. The standard InChI is InChI=1S/C14H15NO2/c1-13(2)11-8-15(10-6-4-3-5-7-10)12(17)14(11,13)9-16/h3-7,9,11H,8H2,1-2H3/t11-,14+/m1/s1. The van der Waals surface area contributed by atoms with Crippen molar-refractivity contribution < 1.29 is 9.59 Å². The lowest BCUT2D eigenvalue weighted by atomic mass is 9.96. The van der Waals surface area contributed by atoms with Crippen LogP contribution in [0.5, 0.6) is 0 Å². The predicted molar refractivity (Wildman–Crippen MR) is 64.6 cm³/mol. The first-order valence-electron chi connectivity index (χ1n) is 5.89. The molecule has 88 valence electrons. The third kappa shape index (κ3) is 1.02. The normalized spacial score (nSPS) is 33.4. The summed E-state index contributed by atoms with van der Waals surface area (Å²) in [5.41, 5.74) is -0.0401. The number of anilines is 1. The highest BCUT2D eigenvalue weighted by molar-refractivity contribution is 6.13. The van der Waals surface area contributed by atoms with Gasteiger partial charge in [0.1, 0.15) is 11.7 Å². The molecular formula is C14H15NO2. The van der Waals surface area contributed by atoms with Gasteiger partial charge in [-0.2, -0.15) is 0 Å². The van der Waals surface area contributed by atoms with Gasteiger partial charge in [-0.1, -0.05) is 32.0 Å². The van der Waals surface area contributed by atoms with E-state index in [2.05, 4.69) is 0 Å². The first-order valence-corrected chi connectivity index (χ1v) is 5.89. The van der Waals surface area contributed by atoms with Crippen molar-refractivity contribution in [2.75, 3.05) is 11.4 Å². The highest BCUT2D eigenvalue weighted by atomic mass is 16.2. The van der Waals surface area contributed by atoms with Gasteiger partial charge in [0.25, 0.3) is 0 Å². The van der Waals surface area contributed by atoms with Crippen molar-refractivity contribution in [1.29, 1.82) is 0 Å². The molecular weight excluding hydrogens is 214 g/mol. The molecule has 2 aliphatic rings. The second-order valence-corrected chi connectivity index (χ2v) is 5.51. The molecule has 0 unspecified atom stereocenters. The number of benzene rings is 1. The van der Waals surface area contributed by atoms with Crippen LogP contribution in [-0.2, 0) is 9.59 Å². The smallest absolute Gasteiger partial charge is 0.241 e. The average molecular weight is 229 g/mol. The van der Waals surface area contributed by atoms with Crippen LogP contribution >= 0.6 is 0 Å². The van der Waals surface area contributed by atoms with Crippen LogP contribution in [0, 0.1) is 16.7 Å². The molecule has 0 spiro atoms. The molecule has 3 heteroatoms. The van der Waals surface area contributed by atoms with E-state index in [1.54, 1.807) is 4.90 Å². The van der Waals surface area contributed by atoms with E-state index >= 15 is 0 Å². The van der Waals surface area contributed by atoms with Crippen LogP contribution in [0.1, 0.15) is 13.8 Å². The summed E-state index contributed by atoms with van der Waals surface area (Å²) in [6.07, 6.45) is 0.864. The van der Waals surface area contributed by atoms with Crippen LogP contribution in [0.3, 0.4) is 0 Å². The zero-order valence-electron chi connectivity index (χ0n) is 10.0. The van der Waals surface area contributed by atoms with Gasteiger partial charge in [-0.15, -0.1) is 0 Å². The Kier molecular flexibility index (Phi) is 1.84. The molecule has 1 aromatic rings. The summed E-state index contributed by atoms with van der Waals surface area (Å²) in [6, 6.07) is 9.56. The monoisotopic (exact) mass is 229 g/mol. The van der Waals surface area contributed by atoms with Gasteiger partial charge < -0.3 is 9.69 Å². The molecule has 2 atom stereocenters. The van der Waals surface area contributed by atoms with E-state index in [0.717, 1.165) is 12.0 Å². The third-order valence-electron chi connectivity index (χ3n) is 4.62. The number of aldehydes is 1. The number of carbonyl (C=O) groups excluding carboxylic acids is 2. The van der Waals surface area contributed by atoms with Gasteiger partial charge in [0.05, 0.1) is 0 Å². The van der Waals surface area contributed by atoms with Crippen LogP contribution in [0.2, 0.25) is 0 Å². The quantitative estimate of drug-likeness (QED) is 0.573. The minimum Gasteiger partial charge on any atom is -0.311 e. The molecule has 0 N–H and O–H groups in total. The van der Waals surface area contributed by atoms with Crippen molar-refractivity contribution in [2.24, 2.45) is 16.7 Å². The second kappa shape index (κ2) is 2.97. The number of piperidine rings is 1. The maximum absolute atomic E-state index is 12.4. The van der Waals surface area contributed by atoms with Crippen LogP contribution in [-0.4, -0.2) is 18.7 Å². The lowest BCUT2D eigenvalue weighted by Gasteiger charge is -2.24. The first-order chi connectivity index (χ1) is 8.05. The van der Waals surface area contributed by atoms with Crippen molar-refractivity contribution in [2.45, 2.75) is 13.8 Å². The number of hydrogen-bond acceptors (Lipinski definition) is 2. The SMILES string of the molecule is CC1(C)[C@H]2CN(c3ccccc3)C(=O)[C@]21C=O. The fourth-order valence-electron chi connectivity index (χ4n) is 3.31. The first kappa shape index (κ1) is 10.5. The maximum Gasteiger partial charge on any atom is 0.241 e. The Morgan fingerprint density at radius 2 is 1.94 bits per heavy atom. The predicted octanol–water partition coefficient (Wildman–Crippen LogP) is 1.87. The summed E-state index contributed by atoms with van der Waals surface area (Å²) in [7, 11) is 0. The molecule has 0 radical (unpaired) electrons. The number of fused-ring (bicyclic) bond motifs is 1. The summed E-state index contributed by atoms with van der Waals surface area (Å²) in [6.45, 7) is 4.67. The molecule has 3 nitrogen and oxygen atoms in total. The molecule has 0 bridgehead atoms. The van der Waals surface area contributed by atoms with Gasteiger partial charge in [-0.25, -0.2) is 0 Å². The van der Waals surface area contributed by atoms with Crippen LogP contribution in [0.4, 0.5) is 5.69 Å². The van der Waals surface area contributed by atoms with Crippen molar-refractivity contribution in [3.05, 3.63) is 30.3 Å². The molecule has 1 heterocycles. The van der Waals surface area contributed by atoms with Gasteiger partial charge in [-0.3, -0.25) is 4.79 Å². The van der Waals surface area contributed by atoms with Crippen molar-refractivity contribution in [3.63, 3.8) is 0 Å². The number of amides is 1. The van der Waals surface area contributed by atoms with E-state index in [0.29, 0.717) is 6.54 Å². The number of rotatable bonds is 2. The Morgan fingerprint density at radius 1 is 1.29 bits per heavy atom. The summed E-state index contributed by atoms with van der Waals surface area (Å²) in [5.74, 6) is 0.133. The molecule has 1 aromatic carbocycles. The van der Waals surface area contributed by atoms with Crippen LogP contribution in [0.25, 0.3) is 0 Å². The number of hydrogen-bond donors (Lipinski definition) is 0. The molecule has 0 aromatic heterocycles. The van der Waals surface area contributed by atoms with Gasteiger partial charge in [0, 0.05) is 18.2 Å². The van der Waals surface area contributed by atoms with Crippen molar-refractivity contribution >= 4 is 17.9 Å². The van der Waals surface area contributed by atoms with Gasteiger partial charge in [-0.05, 0) is 17.5 Å². The Labute approximate surface area is 100 Å². The molecule has 1 saturated carbocycles. The van der Waals surface area contributed by atoms with E-state index in [1.165, 1.54) is 0 Å². The zero-order valence-corrected chi connectivity index (χ0v) is 10.0. The molecule has 1 aliphatic heterocycles. The minimum absolute atomic E-state index is 0.0336. The Balaban J connectivity index is 1.97. The molecule has 1 amide bonds. The minimum atomic E-state index is -0.761. The number of para-hydroxylation sites is 1. The highest BCUT2D eigenvalue weighted by Crippen LogP contribution is 2.71. The summed E-state index contributed by atoms with van der Waals surface area (Å²) >= 11 is 0. The Bertz CT molecular complexity index is 494. The topological polar surface area (TPSA) is 37.4 Å². The molecule has 17 heavy (non-hydrogen) atoms. The largest absolute Gasteiger partial charge is 0.311 e. The van der Waals surface area contributed by atoms with Crippen LogP contribution in [0.15, 0.2) is 30.3 Å². The van der Waals surface area contributed by atoms with E-state index in [9.17, 15) is 9.59 Å². The fraction of sp³-hybridized carbons (Fsp3) is 0.429. The number of carbonyl (C=O) groups is 2. The van der Waals surface area contributed by atoms with E-state index in [4.69, 9.17) is 0 Å². The molecule has 3 rings (SSSR count). The molecule has 1 aliphatic carbocycles. The fourth-order valence-corrected chi connectivity index (χ4v) is 3.31. The lowest BCUT2D eigenvalue weighted by Crippen LogP contribution is -2.36. The van der Waals surface area contributed by atoms with E-state index < -0.39 is 5.41 Å². The third-order valence-corrected chi connectivity index (χ3v) is 4.62. The molecule has 1 saturated heterocycles. The maximum atomic E-state index is 12.4. The van der Waals surface area contributed by atoms with E-state index in [1.807, 2.05) is 44.2 Å². The van der Waals surface area contributed by atoms with Gasteiger partial charge >= 0.3 is 0 Å². The summed E-state index contributed by atoms with van der Waals surface area (Å²) < 4.78 is 0. The zero-order chi connectivity index (χ0) is 12.3. The van der Waals surface area contributed by atoms with Gasteiger partial charge in [0.15, 0.2) is 0 Å². The lowest BCUT2D eigenvalue weighted by molar-refractivity contribution is -0.129. The number of nitrogens with zero attached hydrogens (tertiary/aromatic N) is 1. The summed E-state index contributed by atoms with van der Waals surface area (Å²) in [5, 5.41) is 0. The van der Waals surface area contributed by atoms with Crippen molar-refractivity contribution in [1.82, 2.24) is 0 Å². The van der Waals surface area contributed by atoms with Gasteiger partial charge in [0.2, 0.25) is 5.91 Å². The Hall–Kier alpha value is -1.64. The van der Waals surface area contributed by atoms with E-state index in [-0.39, 0.29) is 17.2 Å².